The Bertz CT molecular complexity index is 455. The van der Waals surface area contributed by atoms with Crippen LogP contribution in [0.3, 0.4) is 0 Å². The van der Waals surface area contributed by atoms with Crippen LogP contribution in [0.1, 0.15) is 6.92 Å². The lowest BCUT2D eigenvalue weighted by Gasteiger charge is -1.96. The molecule has 0 aliphatic rings. The van der Waals surface area contributed by atoms with Crippen LogP contribution < -0.4 is 5.32 Å². The number of nitrogens with zero attached hydrogens (tertiary/aromatic N) is 2. The maximum absolute atomic E-state index is 4.39. The number of halogens is 1. The van der Waals surface area contributed by atoms with Crippen molar-refractivity contribution < 1.29 is 0 Å². The number of aromatic nitrogens is 2. The molecule has 0 fully saturated rings. The van der Waals surface area contributed by atoms with Crippen molar-refractivity contribution in [1.82, 2.24) is 9.36 Å². The normalized spacial score (nSPS) is 10.3. The third-order valence-corrected chi connectivity index (χ3v) is 3.00. The van der Waals surface area contributed by atoms with Crippen LogP contribution in [-0.4, -0.2) is 15.9 Å². The molecule has 3 nitrogen and oxygen atoms in total. The number of benzene rings is 1. The maximum atomic E-state index is 4.39. The van der Waals surface area contributed by atoms with Gasteiger partial charge >= 0.3 is 0 Å². The highest BCUT2D eigenvalue weighted by Gasteiger charge is 2.05. The average Bonchev–Trinajstić information content (AvgIpc) is 2.67. The molecule has 0 saturated carbocycles. The first kappa shape index (κ1) is 10.6. The first-order valence-corrected chi connectivity index (χ1v) is 6.19. The van der Waals surface area contributed by atoms with E-state index < -0.39 is 0 Å². The van der Waals surface area contributed by atoms with Gasteiger partial charge in [0.05, 0.1) is 0 Å². The van der Waals surface area contributed by atoms with Gasteiger partial charge in [0.25, 0.3) is 0 Å². The molecule has 1 N–H and O–H groups in total. The molecule has 0 aliphatic heterocycles. The predicted octanol–water partition coefficient (Wildman–Crippen LogP) is 3.40. The predicted molar refractivity (Wildman–Crippen MR) is 67.2 cm³/mol. The highest BCUT2D eigenvalue weighted by molar-refractivity contribution is 9.10. The Hall–Kier alpha value is -0.940. The number of hydrogen-bond donors (Lipinski definition) is 1. The summed E-state index contributed by atoms with van der Waals surface area (Å²) in [5, 5.41) is 4.01. The fourth-order valence-corrected chi connectivity index (χ4v) is 2.25. The van der Waals surface area contributed by atoms with Crippen molar-refractivity contribution in [1.29, 1.82) is 0 Å². The smallest absolute Gasteiger partial charge is 0.202 e. The lowest BCUT2D eigenvalue weighted by molar-refractivity contribution is 1.19. The maximum Gasteiger partial charge on any atom is 0.202 e. The van der Waals surface area contributed by atoms with E-state index >= 15 is 0 Å². The molecule has 1 heterocycles. The molecule has 0 bridgehead atoms. The molecule has 0 radical (unpaired) electrons. The van der Waals surface area contributed by atoms with Gasteiger partial charge in [-0.3, -0.25) is 0 Å². The van der Waals surface area contributed by atoms with Gasteiger partial charge in [0.15, 0.2) is 5.82 Å². The zero-order valence-electron chi connectivity index (χ0n) is 8.20. The van der Waals surface area contributed by atoms with Crippen molar-refractivity contribution >= 4 is 32.6 Å². The average molecular weight is 284 g/mol. The van der Waals surface area contributed by atoms with E-state index in [1.807, 2.05) is 31.2 Å². The van der Waals surface area contributed by atoms with Crippen LogP contribution >= 0.6 is 27.5 Å². The fraction of sp³-hybridized carbons (Fsp3) is 0.200. The summed E-state index contributed by atoms with van der Waals surface area (Å²) >= 11 is 4.82. The van der Waals surface area contributed by atoms with E-state index in [1.165, 1.54) is 11.5 Å². The standard InChI is InChI=1S/C10H10BrN3S/c1-2-12-10-13-9(14-15-10)7-4-3-5-8(11)6-7/h3-6H,2H2,1H3,(H,12,13,14). The van der Waals surface area contributed by atoms with Crippen molar-refractivity contribution in [2.75, 3.05) is 11.9 Å². The summed E-state index contributed by atoms with van der Waals surface area (Å²) in [5.41, 5.74) is 1.03. The number of rotatable bonds is 3. The van der Waals surface area contributed by atoms with Crippen molar-refractivity contribution in [3.05, 3.63) is 28.7 Å². The molecule has 0 unspecified atom stereocenters. The lowest BCUT2D eigenvalue weighted by atomic mass is 10.2. The summed E-state index contributed by atoms with van der Waals surface area (Å²) in [6.45, 7) is 2.91. The van der Waals surface area contributed by atoms with Gasteiger partial charge in [-0.1, -0.05) is 28.1 Å². The van der Waals surface area contributed by atoms with Crippen molar-refractivity contribution in [3.63, 3.8) is 0 Å². The molecule has 2 aromatic rings. The molecule has 0 spiro atoms. The quantitative estimate of drug-likeness (QED) is 0.938. The Morgan fingerprint density at radius 3 is 3.07 bits per heavy atom. The van der Waals surface area contributed by atoms with Crippen LogP contribution in [0, 0.1) is 0 Å². The van der Waals surface area contributed by atoms with Gasteiger partial charge < -0.3 is 5.32 Å². The van der Waals surface area contributed by atoms with Crippen LogP contribution in [0.2, 0.25) is 0 Å². The van der Waals surface area contributed by atoms with Crippen LogP contribution in [0.25, 0.3) is 11.4 Å². The van der Waals surface area contributed by atoms with Gasteiger partial charge in [-0.15, -0.1) is 0 Å². The molecule has 1 aromatic carbocycles. The first-order valence-electron chi connectivity index (χ1n) is 4.63. The van der Waals surface area contributed by atoms with Crippen LogP contribution in [0.5, 0.6) is 0 Å². The van der Waals surface area contributed by atoms with E-state index in [9.17, 15) is 0 Å². The topological polar surface area (TPSA) is 37.8 Å². The summed E-state index contributed by atoms with van der Waals surface area (Å²) in [6.07, 6.45) is 0. The van der Waals surface area contributed by atoms with Crippen molar-refractivity contribution in [2.45, 2.75) is 6.92 Å². The Morgan fingerprint density at radius 1 is 1.47 bits per heavy atom. The molecule has 0 aliphatic carbocycles. The molecular formula is C10H10BrN3S. The van der Waals surface area contributed by atoms with Gasteiger partial charge in [0, 0.05) is 28.1 Å². The minimum atomic E-state index is 0.775. The van der Waals surface area contributed by atoms with Gasteiger partial charge in [0.1, 0.15) is 0 Å². The monoisotopic (exact) mass is 283 g/mol. The number of anilines is 1. The van der Waals surface area contributed by atoms with Crippen LogP contribution in [0.15, 0.2) is 28.7 Å². The van der Waals surface area contributed by atoms with E-state index in [4.69, 9.17) is 0 Å². The third kappa shape index (κ3) is 2.54. The molecule has 1 aromatic heterocycles. The highest BCUT2D eigenvalue weighted by atomic mass is 79.9. The van der Waals surface area contributed by atoms with Crippen molar-refractivity contribution in [2.24, 2.45) is 0 Å². The zero-order chi connectivity index (χ0) is 10.7. The summed E-state index contributed by atoms with van der Waals surface area (Å²) in [7, 11) is 0. The van der Waals surface area contributed by atoms with Gasteiger partial charge in [-0.05, 0) is 19.1 Å². The van der Waals surface area contributed by atoms with Gasteiger partial charge in [-0.25, -0.2) is 0 Å². The zero-order valence-corrected chi connectivity index (χ0v) is 10.6. The second-order valence-corrected chi connectivity index (χ2v) is 4.63. The van der Waals surface area contributed by atoms with E-state index in [0.29, 0.717) is 0 Å². The molecule has 2 rings (SSSR count). The SMILES string of the molecule is CCNc1nc(-c2cccc(Br)c2)ns1. The largest absolute Gasteiger partial charge is 0.361 e. The van der Waals surface area contributed by atoms with Gasteiger partial charge in [0.2, 0.25) is 5.13 Å². The first-order chi connectivity index (χ1) is 7.29. The second-order valence-electron chi connectivity index (χ2n) is 2.96. The van der Waals surface area contributed by atoms with Gasteiger partial charge in [-0.2, -0.15) is 9.36 Å². The molecular weight excluding hydrogens is 274 g/mol. The third-order valence-electron chi connectivity index (χ3n) is 1.84. The minimum absolute atomic E-state index is 0.775. The molecule has 0 atom stereocenters. The fourth-order valence-electron chi connectivity index (χ4n) is 1.19. The van der Waals surface area contributed by atoms with E-state index in [1.54, 1.807) is 0 Å². The Morgan fingerprint density at radius 2 is 2.33 bits per heavy atom. The number of hydrogen-bond acceptors (Lipinski definition) is 4. The Balaban J connectivity index is 2.29. The van der Waals surface area contributed by atoms with E-state index in [-0.39, 0.29) is 0 Å². The second kappa shape index (κ2) is 4.72. The minimum Gasteiger partial charge on any atom is -0.361 e. The summed E-state index contributed by atoms with van der Waals surface area (Å²) in [5.74, 6) is 0.775. The summed E-state index contributed by atoms with van der Waals surface area (Å²) in [6, 6.07) is 7.98. The molecule has 0 saturated heterocycles. The molecule has 0 amide bonds. The molecule has 5 heteroatoms. The Labute approximate surface area is 101 Å². The summed E-state index contributed by atoms with van der Waals surface area (Å²) < 4.78 is 5.33. The number of nitrogens with one attached hydrogen (secondary N) is 1. The highest BCUT2D eigenvalue weighted by Crippen LogP contribution is 2.23. The lowest BCUT2D eigenvalue weighted by Crippen LogP contribution is -1.94. The van der Waals surface area contributed by atoms with Crippen LogP contribution in [-0.2, 0) is 0 Å². The Kier molecular flexibility index (Phi) is 3.33. The van der Waals surface area contributed by atoms with E-state index in [0.717, 1.165) is 27.5 Å². The molecule has 78 valence electrons. The van der Waals surface area contributed by atoms with Crippen LogP contribution in [0.4, 0.5) is 5.13 Å². The van der Waals surface area contributed by atoms with E-state index in [2.05, 4.69) is 30.6 Å². The molecule has 15 heavy (non-hydrogen) atoms. The van der Waals surface area contributed by atoms with Crippen molar-refractivity contribution in [3.8, 4) is 11.4 Å². The summed E-state index contributed by atoms with van der Waals surface area (Å²) in [4.78, 5) is 4.39.